The van der Waals surface area contributed by atoms with Gasteiger partial charge in [-0.05, 0) is 12.2 Å². The molecule has 0 fully saturated rings. The summed E-state index contributed by atoms with van der Waals surface area (Å²) in [5.74, 6) is -0.323. The van der Waals surface area contributed by atoms with E-state index in [0.717, 1.165) is 0 Å². The lowest BCUT2D eigenvalue weighted by Gasteiger charge is -1.96. The molecule has 0 unspecified atom stereocenters. The Morgan fingerprint density at radius 2 is 2.33 bits per heavy atom. The molecule has 0 spiro atoms. The Hall–Kier alpha value is -1.91. The predicted octanol–water partition coefficient (Wildman–Crippen LogP) is 1.88. The van der Waals surface area contributed by atoms with Crippen LogP contribution in [0.4, 0.5) is 5.69 Å². The molecule has 1 aromatic rings. The van der Waals surface area contributed by atoms with Crippen LogP contribution in [0.15, 0.2) is 29.3 Å². The van der Waals surface area contributed by atoms with Gasteiger partial charge in [-0.2, -0.15) is 0 Å². The molecule has 0 aliphatic heterocycles. The van der Waals surface area contributed by atoms with Gasteiger partial charge in [0.2, 0.25) is 0 Å². The van der Waals surface area contributed by atoms with Gasteiger partial charge in [-0.15, -0.1) is 0 Å². The number of carbonyl (C=O) groups is 1. The Morgan fingerprint density at radius 3 is 2.93 bits per heavy atom. The standard InChI is InChI=1S/C9H6N2O3S/c12-9(5-10-6-15)7-2-1-3-8(4-7)11(13)14/h1-4H,5H2. The Kier molecular flexibility index (Phi) is 3.79. The summed E-state index contributed by atoms with van der Waals surface area (Å²) in [6.07, 6.45) is 0. The molecular formula is C9H6N2O3S. The molecule has 15 heavy (non-hydrogen) atoms. The fourth-order valence-corrected chi connectivity index (χ4v) is 1.05. The lowest BCUT2D eigenvalue weighted by Crippen LogP contribution is -2.03. The molecule has 0 atom stereocenters. The van der Waals surface area contributed by atoms with E-state index in [0.29, 0.717) is 0 Å². The van der Waals surface area contributed by atoms with Gasteiger partial charge in [0.25, 0.3) is 5.69 Å². The van der Waals surface area contributed by atoms with E-state index in [1.54, 1.807) is 0 Å². The summed E-state index contributed by atoms with van der Waals surface area (Å²) in [5.41, 5.74) is 0.130. The van der Waals surface area contributed by atoms with Crippen molar-refractivity contribution in [3.05, 3.63) is 39.9 Å². The highest BCUT2D eigenvalue weighted by Crippen LogP contribution is 2.13. The number of non-ortho nitro benzene ring substituents is 1. The van der Waals surface area contributed by atoms with Gasteiger partial charge in [-0.25, -0.2) is 4.99 Å². The second kappa shape index (κ2) is 5.09. The largest absolute Gasteiger partial charge is 0.292 e. The number of Topliss-reactive ketones (excluding diaryl/α,β-unsaturated/α-hetero) is 1. The fraction of sp³-hybridized carbons (Fsp3) is 0.111. The highest BCUT2D eigenvalue weighted by atomic mass is 32.1. The van der Waals surface area contributed by atoms with E-state index in [9.17, 15) is 14.9 Å². The van der Waals surface area contributed by atoms with Crippen LogP contribution >= 0.6 is 12.2 Å². The molecule has 0 heterocycles. The van der Waals surface area contributed by atoms with Gasteiger partial charge in [-0.3, -0.25) is 14.9 Å². The quantitative estimate of drug-likeness (QED) is 0.256. The van der Waals surface area contributed by atoms with E-state index < -0.39 is 4.92 Å². The Balaban J connectivity index is 2.94. The van der Waals surface area contributed by atoms with Crippen molar-refractivity contribution < 1.29 is 9.72 Å². The van der Waals surface area contributed by atoms with Crippen LogP contribution in [0.2, 0.25) is 0 Å². The van der Waals surface area contributed by atoms with Crippen molar-refractivity contribution in [2.75, 3.05) is 6.54 Å². The first-order valence-electron chi connectivity index (χ1n) is 3.96. The van der Waals surface area contributed by atoms with Crippen molar-refractivity contribution in [3.8, 4) is 0 Å². The molecule has 0 aliphatic carbocycles. The number of nitrogens with zero attached hydrogens (tertiary/aromatic N) is 2. The number of ketones is 1. The molecule has 0 amide bonds. The van der Waals surface area contributed by atoms with E-state index in [2.05, 4.69) is 22.4 Å². The van der Waals surface area contributed by atoms with E-state index in [-0.39, 0.29) is 23.6 Å². The number of hydrogen-bond acceptors (Lipinski definition) is 5. The van der Waals surface area contributed by atoms with Gasteiger partial charge in [0.1, 0.15) is 6.54 Å². The average Bonchev–Trinajstić information content (AvgIpc) is 2.26. The van der Waals surface area contributed by atoms with Gasteiger partial charge in [0.15, 0.2) is 5.78 Å². The molecule has 0 N–H and O–H groups in total. The molecular weight excluding hydrogens is 216 g/mol. The Bertz CT molecular complexity index is 452. The zero-order valence-electron chi connectivity index (χ0n) is 7.54. The second-order valence-corrected chi connectivity index (χ2v) is 2.82. The third-order valence-electron chi connectivity index (χ3n) is 1.67. The van der Waals surface area contributed by atoms with E-state index in [1.165, 1.54) is 24.3 Å². The second-order valence-electron chi connectivity index (χ2n) is 2.64. The maximum atomic E-state index is 11.4. The summed E-state index contributed by atoms with van der Waals surface area (Å²) in [4.78, 5) is 24.7. The molecule has 5 nitrogen and oxygen atoms in total. The van der Waals surface area contributed by atoms with Crippen molar-refractivity contribution in [1.29, 1.82) is 0 Å². The maximum Gasteiger partial charge on any atom is 0.270 e. The lowest BCUT2D eigenvalue weighted by atomic mass is 10.1. The number of nitro benzene ring substituents is 1. The van der Waals surface area contributed by atoms with Gasteiger partial charge in [-0.1, -0.05) is 12.1 Å². The first-order valence-corrected chi connectivity index (χ1v) is 4.37. The number of hydrogen-bond donors (Lipinski definition) is 0. The number of rotatable bonds is 4. The van der Waals surface area contributed by atoms with Crippen LogP contribution in [0, 0.1) is 10.1 Å². The van der Waals surface area contributed by atoms with Crippen LogP contribution in [-0.4, -0.2) is 22.4 Å². The third-order valence-corrected chi connectivity index (χ3v) is 1.80. The molecule has 0 bridgehead atoms. The van der Waals surface area contributed by atoms with Crippen LogP contribution < -0.4 is 0 Å². The maximum absolute atomic E-state index is 11.4. The number of carbonyl (C=O) groups excluding carboxylic acids is 1. The van der Waals surface area contributed by atoms with E-state index in [1.807, 2.05) is 0 Å². The molecule has 1 aromatic carbocycles. The molecule has 1 rings (SSSR count). The van der Waals surface area contributed by atoms with Gasteiger partial charge in [0.05, 0.1) is 10.1 Å². The van der Waals surface area contributed by atoms with E-state index in [4.69, 9.17) is 0 Å². The van der Waals surface area contributed by atoms with Gasteiger partial charge >= 0.3 is 0 Å². The fourth-order valence-electron chi connectivity index (χ4n) is 0.988. The molecule has 6 heteroatoms. The number of aliphatic imine (C=N–C) groups is 1. The number of benzene rings is 1. The zero-order chi connectivity index (χ0) is 11.3. The van der Waals surface area contributed by atoms with Crippen molar-refractivity contribution in [3.63, 3.8) is 0 Å². The SMILES string of the molecule is O=C(CN=C=S)c1cccc([N+](=O)[O-])c1. The lowest BCUT2D eigenvalue weighted by molar-refractivity contribution is -0.384. The minimum atomic E-state index is -0.556. The summed E-state index contributed by atoms with van der Waals surface area (Å²) in [6, 6.07) is 5.47. The normalized spacial score (nSPS) is 9.07. The van der Waals surface area contributed by atoms with Crippen molar-refractivity contribution in [1.82, 2.24) is 0 Å². The van der Waals surface area contributed by atoms with Gasteiger partial charge < -0.3 is 0 Å². The first kappa shape index (κ1) is 11.2. The van der Waals surface area contributed by atoms with Crippen molar-refractivity contribution in [2.24, 2.45) is 4.99 Å². The van der Waals surface area contributed by atoms with Crippen LogP contribution in [0.25, 0.3) is 0 Å². The summed E-state index contributed by atoms with van der Waals surface area (Å²) < 4.78 is 0. The van der Waals surface area contributed by atoms with Crippen LogP contribution in [0.1, 0.15) is 10.4 Å². The third kappa shape index (κ3) is 3.05. The summed E-state index contributed by atoms with van der Waals surface area (Å²) >= 11 is 4.31. The van der Waals surface area contributed by atoms with Crippen LogP contribution in [0.5, 0.6) is 0 Å². The molecule has 0 aliphatic rings. The number of isothiocyanates is 1. The zero-order valence-corrected chi connectivity index (χ0v) is 8.36. The van der Waals surface area contributed by atoms with Crippen LogP contribution in [-0.2, 0) is 0 Å². The smallest absolute Gasteiger partial charge is 0.270 e. The molecule has 0 radical (unpaired) electrons. The summed E-state index contributed by atoms with van der Waals surface area (Å²) in [5, 5.41) is 12.5. The number of nitro groups is 1. The highest BCUT2D eigenvalue weighted by Gasteiger charge is 2.10. The Morgan fingerprint density at radius 1 is 1.60 bits per heavy atom. The van der Waals surface area contributed by atoms with E-state index >= 15 is 0 Å². The minimum Gasteiger partial charge on any atom is -0.292 e. The molecule has 76 valence electrons. The first-order chi connectivity index (χ1) is 7.15. The van der Waals surface area contributed by atoms with Crippen LogP contribution in [0.3, 0.4) is 0 Å². The summed E-state index contributed by atoms with van der Waals surface area (Å²) in [6.45, 7) is -0.134. The minimum absolute atomic E-state index is 0.118. The number of thiocarbonyl (C=S) groups is 1. The Labute approximate surface area is 90.6 Å². The highest BCUT2D eigenvalue weighted by molar-refractivity contribution is 7.78. The molecule has 0 aromatic heterocycles. The predicted molar refractivity (Wildman–Crippen MR) is 57.3 cm³/mol. The topological polar surface area (TPSA) is 72.6 Å². The van der Waals surface area contributed by atoms with Crippen molar-refractivity contribution >= 4 is 28.8 Å². The molecule has 0 saturated carbocycles. The molecule has 0 saturated heterocycles. The van der Waals surface area contributed by atoms with Crippen molar-refractivity contribution in [2.45, 2.75) is 0 Å². The monoisotopic (exact) mass is 222 g/mol. The average molecular weight is 222 g/mol. The summed E-state index contributed by atoms with van der Waals surface area (Å²) in [7, 11) is 0. The van der Waals surface area contributed by atoms with Gasteiger partial charge in [0, 0.05) is 17.7 Å².